The van der Waals surface area contributed by atoms with Crippen LogP contribution in [0.1, 0.15) is 25.1 Å². The highest BCUT2D eigenvalue weighted by atomic mass is 35.5. The van der Waals surface area contributed by atoms with Crippen LogP contribution in [-0.4, -0.2) is 36.3 Å². The Morgan fingerprint density at radius 1 is 1.47 bits per heavy atom. The zero-order chi connectivity index (χ0) is 12.3. The first kappa shape index (κ1) is 12.6. The molecule has 2 heterocycles. The molecule has 1 atom stereocenters. The number of rotatable bonds is 3. The summed E-state index contributed by atoms with van der Waals surface area (Å²) in [5.74, 6) is 1.64. The Kier molecular flexibility index (Phi) is 4.18. The molecule has 17 heavy (non-hydrogen) atoms. The van der Waals surface area contributed by atoms with Crippen LogP contribution < -0.4 is 4.90 Å². The molecule has 1 aliphatic heterocycles. The molecule has 0 spiro atoms. The maximum absolute atomic E-state index is 5.99. The minimum absolute atomic E-state index is 0.402. The van der Waals surface area contributed by atoms with Crippen molar-refractivity contribution in [1.82, 2.24) is 9.97 Å². The van der Waals surface area contributed by atoms with Crippen molar-refractivity contribution in [3.63, 3.8) is 0 Å². The first-order valence-corrected chi connectivity index (χ1v) is 6.35. The van der Waals surface area contributed by atoms with Gasteiger partial charge in [0, 0.05) is 19.7 Å². The van der Waals surface area contributed by atoms with Gasteiger partial charge >= 0.3 is 0 Å². The molecule has 1 saturated heterocycles. The summed E-state index contributed by atoms with van der Waals surface area (Å²) in [6.07, 6.45) is 3.59. The van der Waals surface area contributed by atoms with Crippen molar-refractivity contribution < 1.29 is 4.74 Å². The summed E-state index contributed by atoms with van der Waals surface area (Å²) in [5, 5.41) is 0.509. The molecule has 0 saturated carbocycles. The van der Waals surface area contributed by atoms with Gasteiger partial charge in [0.1, 0.15) is 16.8 Å². The van der Waals surface area contributed by atoms with Gasteiger partial charge in [0.2, 0.25) is 0 Å². The molecule has 1 fully saturated rings. The molecule has 0 unspecified atom stereocenters. The second-order valence-corrected chi connectivity index (χ2v) is 4.78. The smallest absolute Gasteiger partial charge is 0.134 e. The van der Waals surface area contributed by atoms with Crippen molar-refractivity contribution in [2.24, 2.45) is 0 Å². The van der Waals surface area contributed by atoms with E-state index in [1.165, 1.54) is 12.8 Å². The van der Waals surface area contributed by atoms with Gasteiger partial charge < -0.3 is 9.64 Å². The van der Waals surface area contributed by atoms with Crippen LogP contribution in [0.5, 0.6) is 0 Å². The average molecular weight is 256 g/mol. The Morgan fingerprint density at radius 2 is 2.29 bits per heavy atom. The lowest BCUT2D eigenvalue weighted by atomic mass is 10.0. The van der Waals surface area contributed by atoms with Gasteiger partial charge in [-0.3, -0.25) is 0 Å². The predicted octanol–water partition coefficient (Wildman–Crippen LogP) is 2.44. The normalized spacial score (nSPS) is 20.6. The molecule has 1 aromatic heterocycles. The van der Waals surface area contributed by atoms with Gasteiger partial charge in [-0.2, -0.15) is 0 Å². The molecule has 1 aromatic rings. The SMILES string of the molecule is COC[C@H]1CCCCN1c1cc(Cl)nc(C)n1. The molecule has 94 valence electrons. The number of aryl methyl sites for hydroxylation is 1. The van der Waals surface area contributed by atoms with E-state index in [9.17, 15) is 0 Å². The van der Waals surface area contributed by atoms with E-state index in [2.05, 4.69) is 14.9 Å². The maximum Gasteiger partial charge on any atom is 0.134 e. The van der Waals surface area contributed by atoms with Gasteiger partial charge in [0.15, 0.2) is 0 Å². The van der Waals surface area contributed by atoms with E-state index >= 15 is 0 Å². The van der Waals surface area contributed by atoms with Gasteiger partial charge in [-0.1, -0.05) is 11.6 Å². The van der Waals surface area contributed by atoms with Crippen LogP contribution in [0.25, 0.3) is 0 Å². The molecule has 2 rings (SSSR count). The highest BCUT2D eigenvalue weighted by Gasteiger charge is 2.23. The second kappa shape index (κ2) is 5.65. The van der Waals surface area contributed by atoms with E-state index in [1.54, 1.807) is 7.11 Å². The highest BCUT2D eigenvalue weighted by molar-refractivity contribution is 6.29. The van der Waals surface area contributed by atoms with Crippen molar-refractivity contribution in [3.8, 4) is 0 Å². The fourth-order valence-electron chi connectivity index (χ4n) is 2.33. The average Bonchev–Trinajstić information content (AvgIpc) is 2.29. The molecule has 4 nitrogen and oxygen atoms in total. The molecule has 5 heteroatoms. The Hall–Kier alpha value is -0.870. The number of nitrogens with zero attached hydrogens (tertiary/aromatic N) is 3. The number of aromatic nitrogens is 2. The number of hydrogen-bond acceptors (Lipinski definition) is 4. The Labute approximate surface area is 107 Å². The van der Waals surface area contributed by atoms with Crippen molar-refractivity contribution in [1.29, 1.82) is 0 Å². The van der Waals surface area contributed by atoms with Gasteiger partial charge in [-0.05, 0) is 26.2 Å². The van der Waals surface area contributed by atoms with Crippen LogP contribution in [0.4, 0.5) is 5.82 Å². The summed E-state index contributed by atoms with van der Waals surface area (Å²) in [5.41, 5.74) is 0. The summed E-state index contributed by atoms with van der Waals surface area (Å²) < 4.78 is 5.28. The third-order valence-electron chi connectivity index (χ3n) is 3.07. The van der Waals surface area contributed by atoms with Crippen LogP contribution in [0.15, 0.2) is 6.07 Å². The molecule has 0 aromatic carbocycles. The molecular weight excluding hydrogens is 238 g/mol. The second-order valence-electron chi connectivity index (χ2n) is 4.39. The van der Waals surface area contributed by atoms with Crippen LogP contribution in [0.3, 0.4) is 0 Å². The van der Waals surface area contributed by atoms with E-state index in [4.69, 9.17) is 16.3 Å². The lowest BCUT2D eigenvalue weighted by molar-refractivity contribution is 0.166. The summed E-state index contributed by atoms with van der Waals surface area (Å²) in [4.78, 5) is 10.8. The van der Waals surface area contributed by atoms with Gasteiger partial charge in [0.25, 0.3) is 0 Å². The van der Waals surface area contributed by atoms with Gasteiger partial charge in [0.05, 0.1) is 12.6 Å². The quantitative estimate of drug-likeness (QED) is 0.778. The monoisotopic (exact) mass is 255 g/mol. The minimum Gasteiger partial charge on any atom is -0.383 e. The predicted molar refractivity (Wildman–Crippen MR) is 68.6 cm³/mol. The highest BCUT2D eigenvalue weighted by Crippen LogP contribution is 2.24. The minimum atomic E-state index is 0.402. The van der Waals surface area contributed by atoms with E-state index in [1.807, 2.05) is 13.0 Å². The molecule has 0 aliphatic carbocycles. The van der Waals surface area contributed by atoms with Crippen LogP contribution >= 0.6 is 11.6 Å². The molecular formula is C12H18ClN3O. The largest absolute Gasteiger partial charge is 0.383 e. The molecule has 0 amide bonds. The lowest BCUT2D eigenvalue weighted by Crippen LogP contribution is -2.43. The summed E-state index contributed by atoms with van der Waals surface area (Å²) in [6, 6.07) is 2.24. The zero-order valence-electron chi connectivity index (χ0n) is 10.3. The third kappa shape index (κ3) is 3.07. The number of piperidine rings is 1. The summed E-state index contributed by atoms with van der Waals surface area (Å²) >= 11 is 5.99. The van der Waals surface area contributed by atoms with Crippen LogP contribution in [0, 0.1) is 6.92 Å². The number of hydrogen-bond donors (Lipinski definition) is 0. The molecule has 0 bridgehead atoms. The van der Waals surface area contributed by atoms with Gasteiger partial charge in [-0.15, -0.1) is 0 Å². The first-order chi connectivity index (χ1) is 8.20. The standard InChI is InChI=1S/C12H18ClN3O/c1-9-14-11(13)7-12(15-9)16-6-4-3-5-10(16)8-17-2/h7,10H,3-6,8H2,1-2H3/t10-/m1/s1. The van der Waals surface area contributed by atoms with Crippen LogP contribution in [-0.2, 0) is 4.74 Å². The summed E-state index contributed by atoms with van der Waals surface area (Å²) in [6.45, 7) is 3.62. The maximum atomic E-state index is 5.99. The Bertz CT molecular complexity index is 364. The number of methoxy groups -OCH3 is 1. The number of ether oxygens (including phenoxy) is 1. The van der Waals surface area contributed by atoms with Crippen molar-refractivity contribution >= 4 is 17.4 Å². The number of halogens is 1. The fourth-order valence-corrected chi connectivity index (χ4v) is 2.55. The fraction of sp³-hybridized carbons (Fsp3) is 0.667. The Balaban J connectivity index is 2.22. The molecule has 0 radical (unpaired) electrons. The Morgan fingerprint density at radius 3 is 3.00 bits per heavy atom. The van der Waals surface area contributed by atoms with Crippen LogP contribution in [0.2, 0.25) is 5.15 Å². The van der Waals surface area contributed by atoms with Crippen molar-refractivity contribution in [3.05, 3.63) is 17.0 Å². The van der Waals surface area contributed by atoms with Crippen molar-refractivity contribution in [2.75, 3.05) is 25.2 Å². The van der Waals surface area contributed by atoms with E-state index in [0.29, 0.717) is 17.0 Å². The zero-order valence-corrected chi connectivity index (χ0v) is 11.1. The third-order valence-corrected chi connectivity index (χ3v) is 3.27. The molecule has 1 aliphatic rings. The topological polar surface area (TPSA) is 38.2 Å². The number of anilines is 1. The van der Waals surface area contributed by atoms with Gasteiger partial charge in [-0.25, -0.2) is 9.97 Å². The lowest BCUT2D eigenvalue weighted by Gasteiger charge is -2.36. The molecule has 0 N–H and O–H groups in total. The first-order valence-electron chi connectivity index (χ1n) is 5.97. The van der Waals surface area contributed by atoms with E-state index in [0.717, 1.165) is 25.4 Å². The van der Waals surface area contributed by atoms with E-state index < -0.39 is 0 Å². The van der Waals surface area contributed by atoms with Crippen molar-refractivity contribution in [2.45, 2.75) is 32.2 Å². The summed E-state index contributed by atoms with van der Waals surface area (Å²) in [7, 11) is 1.74. The van der Waals surface area contributed by atoms with E-state index in [-0.39, 0.29) is 0 Å².